The molecule has 0 atom stereocenters. The van der Waals surface area contributed by atoms with Crippen molar-refractivity contribution in [2.75, 3.05) is 18.9 Å². The standard InChI is InChI=1S/C13H17Cl3N2O/c1-3-4-5-6-18(2)13(19)17-12-10(15)7-9(14)8-11(12)16/h7-8H,3-6H2,1-2H3,(H,17,19). The van der Waals surface area contributed by atoms with Gasteiger partial charge in [0.25, 0.3) is 0 Å². The van der Waals surface area contributed by atoms with Crippen LogP contribution >= 0.6 is 34.8 Å². The van der Waals surface area contributed by atoms with Crippen molar-refractivity contribution in [2.45, 2.75) is 26.2 Å². The zero-order valence-corrected chi connectivity index (χ0v) is 13.2. The van der Waals surface area contributed by atoms with Gasteiger partial charge in [0.2, 0.25) is 0 Å². The van der Waals surface area contributed by atoms with Gasteiger partial charge in [-0.05, 0) is 18.6 Å². The molecule has 0 saturated heterocycles. The lowest BCUT2D eigenvalue weighted by Gasteiger charge is -2.19. The maximum Gasteiger partial charge on any atom is 0.321 e. The highest BCUT2D eigenvalue weighted by atomic mass is 35.5. The summed E-state index contributed by atoms with van der Waals surface area (Å²) in [4.78, 5) is 13.6. The number of amides is 2. The van der Waals surface area contributed by atoms with E-state index < -0.39 is 0 Å². The van der Waals surface area contributed by atoms with Crippen molar-refractivity contribution in [3.63, 3.8) is 0 Å². The lowest BCUT2D eigenvalue weighted by molar-refractivity contribution is 0.221. The predicted octanol–water partition coefficient (Wildman–Crippen LogP) is 5.30. The average molecular weight is 324 g/mol. The minimum Gasteiger partial charge on any atom is -0.328 e. The molecule has 1 N–H and O–H groups in total. The number of unbranched alkanes of at least 4 members (excludes halogenated alkanes) is 2. The molecule has 106 valence electrons. The first kappa shape index (κ1) is 16.4. The first-order valence-corrected chi connectivity index (χ1v) is 7.25. The Kier molecular flexibility index (Phi) is 6.76. The van der Waals surface area contributed by atoms with Gasteiger partial charge in [-0.2, -0.15) is 0 Å². The molecule has 6 heteroatoms. The molecule has 0 aliphatic carbocycles. The van der Waals surface area contributed by atoms with Gasteiger partial charge >= 0.3 is 6.03 Å². The van der Waals surface area contributed by atoms with Gasteiger partial charge in [-0.1, -0.05) is 54.6 Å². The zero-order chi connectivity index (χ0) is 14.4. The average Bonchev–Trinajstić information content (AvgIpc) is 2.33. The smallest absolute Gasteiger partial charge is 0.321 e. The monoisotopic (exact) mass is 322 g/mol. The molecule has 0 radical (unpaired) electrons. The fourth-order valence-electron chi connectivity index (χ4n) is 1.56. The number of anilines is 1. The largest absolute Gasteiger partial charge is 0.328 e. The van der Waals surface area contributed by atoms with Crippen LogP contribution in [0.1, 0.15) is 26.2 Å². The molecule has 0 heterocycles. The highest BCUT2D eigenvalue weighted by Gasteiger charge is 2.13. The number of carbonyl (C=O) groups is 1. The van der Waals surface area contributed by atoms with Crippen molar-refractivity contribution in [3.8, 4) is 0 Å². The molecule has 0 saturated carbocycles. The van der Waals surface area contributed by atoms with Crippen molar-refractivity contribution >= 4 is 46.5 Å². The molecule has 0 aliphatic rings. The van der Waals surface area contributed by atoms with E-state index in [4.69, 9.17) is 34.8 Å². The molecule has 1 aromatic carbocycles. The highest BCUT2D eigenvalue weighted by Crippen LogP contribution is 2.33. The third-order valence-corrected chi connectivity index (χ3v) is 3.50. The second-order valence-electron chi connectivity index (χ2n) is 4.30. The molecule has 3 nitrogen and oxygen atoms in total. The fourth-order valence-corrected chi connectivity index (χ4v) is 2.48. The van der Waals surface area contributed by atoms with Crippen LogP contribution in [0, 0.1) is 0 Å². The summed E-state index contributed by atoms with van der Waals surface area (Å²) >= 11 is 17.8. The summed E-state index contributed by atoms with van der Waals surface area (Å²) in [6.07, 6.45) is 3.19. The van der Waals surface area contributed by atoms with E-state index in [1.165, 1.54) is 0 Å². The molecular weight excluding hydrogens is 307 g/mol. The minimum atomic E-state index is -0.234. The molecule has 0 fully saturated rings. The molecule has 2 amide bonds. The Morgan fingerprint density at radius 1 is 1.21 bits per heavy atom. The quantitative estimate of drug-likeness (QED) is 0.733. The molecule has 0 aromatic heterocycles. The number of urea groups is 1. The fraction of sp³-hybridized carbons (Fsp3) is 0.462. The van der Waals surface area contributed by atoms with Crippen LogP contribution in [0.2, 0.25) is 15.1 Å². The summed E-state index contributed by atoms with van der Waals surface area (Å²) in [7, 11) is 1.74. The van der Waals surface area contributed by atoms with Gasteiger partial charge < -0.3 is 10.2 Å². The van der Waals surface area contributed by atoms with Gasteiger partial charge in [0.1, 0.15) is 0 Å². The molecule has 0 spiro atoms. The summed E-state index contributed by atoms with van der Waals surface area (Å²) in [6.45, 7) is 2.82. The summed E-state index contributed by atoms with van der Waals surface area (Å²) < 4.78 is 0. The first-order valence-electron chi connectivity index (χ1n) is 6.12. The number of hydrogen-bond acceptors (Lipinski definition) is 1. The molecule has 0 aliphatic heterocycles. The number of rotatable bonds is 5. The number of hydrogen-bond donors (Lipinski definition) is 1. The number of halogens is 3. The number of carbonyl (C=O) groups excluding carboxylic acids is 1. The summed E-state index contributed by atoms with van der Waals surface area (Å²) in [5.41, 5.74) is 0.389. The third kappa shape index (κ3) is 5.09. The van der Waals surface area contributed by atoms with Gasteiger partial charge in [0.05, 0.1) is 15.7 Å². The molecule has 0 unspecified atom stereocenters. The van der Waals surface area contributed by atoms with E-state index in [2.05, 4.69) is 12.2 Å². The molecule has 19 heavy (non-hydrogen) atoms. The Morgan fingerprint density at radius 2 is 1.79 bits per heavy atom. The number of nitrogens with zero attached hydrogens (tertiary/aromatic N) is 1. The maximum absolute atomic E-state index is 12.0. The van der Waals surface area contributed by atoms with Crippen LogP contribution in [-0.2, 0) is 0 Å². The van der Waals surface area contributed by atoms with Gasteiger partial charge in [0, 0.05) is 18.6 Å². The lowest BCUT2D eigenvalue weighted by atomic mass is 10.2. The van der Waals surface area contributed by atoms with Crippen LogP contribution in [0.4, 0.5) is 10.5 Å². The Balaban J connectivity index is 2.66. The van der Waals surface area contributed by atoms with Gasteiger partial charge in [0.15, 0.2) is 0 Å². The van der Waals surface area contributed by atoms with Crippen LogP contribution in [0.3, 0.4) is 0 Å². The second kappa shape index (κ2) is 7.83. The summed E-state index contributed by atoms with van der Waals surface area (Å²) in [5, 5.41) is 3.78. The summed E-state index contributed by atoms with van der Waals surface area (Å²) in [5.74, 6) is 0. The normalized spacial score (nSPS) is 10.4. The van der Waals surface area contributed by atoms with Crippen LogP contribution in [-0.4, -0.2) is 24.5 Å². The van der Waals surface area contributed by atoms with Crippen molar-refractivity contribution < 1.29 is 4.79 Å². The van der Waals surface area contributed by atoms with Crippen molar-refractivity contribution in [2.24, 2.45) is 0 Å². The van der Waals surface area contributed by atoms with E-state index in [1.807, 2.05) is 0 Å². The Bertz CT molecular complexity index is 429. The molecule has 1 aromatic rings. The third-order valence-electron chi connectivity index (χ3n) is 2.68. The second-order valence-corrected chi connectivity index (χ2v) is 5.55. The SMILES string of the molecule is CCCCCN(C)C(=O)Nc1c(Cl)cc(Cl)cc1Cl. The van der Waals surface area contributed by atoms with Crippen LogP contribution in [0.25, 0.3) is 0 Å². The van der Waals surface area contributed by atoms with E-state index in [0.717, 1.165) is 19.3 Å². The Hall–Kier alpha value is -0.640. The van der Waals surface area contributed by atoms with Gasteiger partial charge in [-0.3, -0.25) is 0 Å². The Labute approximate surface area is 128 Å². The molecular formula is C13H17Cl3N2O. The Morgan fingerprint density at radius 3 is 2.32 bits per heavy atom. The van der Waals surface area contributed by atoms with E-state index >= 15 is 0 Å². The van der Waals surface area contributed by atoms with Crippen molar-refractivity contribution in [3.05, 3.63) is 27.2 Å². The van der Waals surface area contributed by atoms with Gasteiger partial charge in [-0.25, -0.2) is 4.79 Å². The van der Waals surface area contributed by atoms with Crippen LogP contribution < -0.4 is 5.32 Å². The van der Waals surface area contributed by atoms with Crippen molar-refractivity contribution in [1.82, 2.24) is 4.90 Å². The van der Waals surface area contributed by atoms with Gasteiger partial charge in [-0.15, -0.1) is 0 Å². The predicted molar refractivity (Wildman–Crippen MR) is 82.6 cm³/mol. The van der Waals surface area contributed by atoms with Crippen LogP contribution in [0.15, 0.2) is 12.1 Å². The first-order chi connectivity index (χ1) is 8.95. The van der Waals surface area contributed by atoms with E-state index in [1.54, 1.807) is 24.1 Å². The minimum absolute atomic E-state index is 0.234. The van der Waals surface area contributed by atoms with E-state index in [0.29, 0.717) is 27.3 Å². The highest BCUT2D eigenvalue weighted by molar-refractivity contribution is 6.42. The number of nitrogens with one attached hydrogen (secondary N) is 1. The molecule has 0 bridgehead atoms. The topological polar surface area (TPSA) is 32.3 Å². The lowest BCUT2D eigenvalue weighted by Crippen LogP contribution is -2.32. The van der Waals surface area contributed by atoms with E-state index in [-0.39, 0.29) is 6.03 Å². The zero-order valence-electron chi connectivity index (χ0n) is 11.0. The molecule has 1 rings (SSSR count). The van der Waals surface area contributed by atoms with Crippen LogP contribution in [0.5, 0.6) is 0 Å². The summed E-state index contributed by atoms with van der Waals surface area (Å²) in [6, 6.07) is 2.85. The number of benzene rings is 1. The maximum atomic E-state index is 12.0. The van der Waals surface area contributed by atoms with E-state index in [9.17, 15) is 4.79 Å². The van der Waals surface area contributed by atoms with Crippen molar-refractivity contribution in [1.29, 1.82) is 0 Å².